The first kappa shape index (κ1) is 19.3. The van der Waals surface area contributed by atoms with Crippen molar-refractivity contribution in [2.24, 2.45) is 0 Å². The molecular weight excluding hydrogens is 1020 g/mol. The van der Waals surface area contributed by atoms with Gasteiger partial charge in [0.15, 0.2) is 0 Å². The van der Waals surface area contributed by atoms with E-state index in [4.69, 9.17) is 56.8 Å². The first-order valence-corrected chi connectivity index (χ1v) is 24.6. The van der Waals surface area contributed by atoms with E-state index in [9.17, 15) is 23.3 Å². The number of hydrogen-bond acceptors (Lipinski definition) is 2. The Balaban J connectivity index is 0.000000199. The minimum atomic E-state index is -1.12. The molecule has 0 fully saturated rings. The summed E-state index contributed by atoms with van der Waals surface area (Å²) in [5.41, 5.74) is -13.4. The molecule has 2 nitrogen and oxygen atoms in total. The fourth-order valence-corrected chi connectivity index (χ4v) is 9.79. The van der Waals surface area contributed by atoms with Gasteiger partial charge < -0.3 is 8.83 Å². The van der Waals surface area contributed by atoms with Crippen LogP contribution in [0.25, 0.3) is 165 Å². The van der Waals surface area contributed by atoms with Crippen molar-refractivity contribution in [2.45, 2.75) is 0 Å². The highest BCUT2D eigenvalue weighted by Crippen LogP contribution is 2.49. The van der Waals surface area contributed by atoms with Crippen molar-refractivity contribution in [3.05, 3.63) is 314 Å². The third-order valence-corrected chi connectivity index (χ3v) is 13.3. The van der Waals surface area contributed by atoms with E-state index in [1.165, 1.54) is 0 Å². The van der Waals surface area contributed by atoms with Crippen molar-refractivity contribution in [3.63, 3.8) is 0 Å². The normalized spacial score (nSPS) is 20.2. The van der Waals surface area contributed by atoms with E-state index in [1.807, 2.05) is 0 Å². The minimum absolute atomic E-state index is 0.409. The molecule has 0 N–H and O–H groups in total. The standard InChI is InChI=1S/C44H28O.C38H24O/c1-2-12-29(13-3-1)30-22-24-31(25-23-30)33-14-4-5-16-35(33)44-38-19-8-6-17-36(38)43(37-18-7-9-20-39(37)44)32-26-27-42-40(28-32)34-15-10-11-21-41(34)45-42;1-2-12-25(13-3-1)27-14-4-5-16-29(27)38-32-19-8-6-17-30(32)37(31-18-7-9-20-33(31)38)26-22-23-36-34(24-26)28-15-10-11-21-35(28)39-36/h1-28H;1-24H/i1D,2D,3D,4D,5D,6D,7D,8D,9D,10D,11D,12D,13D,14D,15D,16D,17D,18D,19D,20D,21D,22D,23D,24D,25D,26D,27D,28D;1D,2D,3D,4D,5D,6D,7D,8D,9D,10D,11D,12D,13D,14D,15D,16D,17D,18D,19D,20D,21D,22D,23D,24D. The molecule has 0 atom stereocenters. The van der Waals surface area contributed by atoms with Crippen molar-refractivity contribution in [3.8, 4) is 77.9 Å². The van der Waals surface area contributed by atoms with Crippen LogP contribution in [0.15, 0.2) is 323 Å². The monoisotopic (exact) mass is 1120 g/mol. The molecule has 2 heteroatoms. The lowest BCUT2D eigenvalue weighted by Crippen LogP contribution is -1.92. The molecule has 17 rings (SSSR count). The number of fused-ring (bicyclic) bond motifs is 10. The van der Waals surface area contributed by atoms with Crippen molar-refractivity contribution >= 4 is 87.0 Å². The Kier molecular flexibility index (Phi) is 4.70. The molecule has 0 aliphatic carbocycles. The second-order valence-corrected chi connectivity index (χ2v) is 17.8. The first-order chi connectivity index (χ1) is 63.3. The first-order valence-electron chi connectivity index (χ1n) is 50.6. The number of hydrogen-bond donors (Lipinski definition) is 0. The summed E-state index contributed by atoms with van der Waals surface area (Å²) in [5.74, 6) is 0. The second kappa shape index (κ2) is 20.5. The molecule has 0 aliphatic heterocycles. The van der Waals surface area contributed by atoms with E-state index in [2.05, 4.69) is 0 Å². The van der Waals surface area contributed by atoms with Crippen molar-refractivity contribution in [1.82, 2.24) is 0 Å². The zero-order valence-corrected chi connectivity index (χ0v) is 41.8. The van der Waals surface area contributed by atoms with Gasteiger partial charge in [-0.15, -0.1) is 0 Å². The maximum absolute atomic E-state index is 9.67. The van der Waals surface area contributed by atoms with Gasteiger partial charge in [0.25, 0.3) is 0 Å². The van der Waals surface area contributed by atoms with Gasteiger partial charge in [-0.2, -0.15) is 0 Å². The zero-order chi connectivity index (χ0) is 101. The smallest absolute Gasteiger partial charge is 0.135 e. The Morgan fingerprint density at radius 2 is 0.417 bits per heavy atom. The maximum atomic E-state index is 9.67. The van der Waals surface area contributed by atoms with Crippen LogP contribution in [0.1, 0.15) is 71.3 Å². The van der Waals surface area contributed by atoms with Gasteiger partial charge in [-0.1, -0.05) is 278 Å². The summed E-state index contributed by atoms with van der Waals surface area (Å²) in [6.45, 7) is 0. The van der Waals surface area contributed by atoms with Gasteiger partial charge >= 0.3 is 0 Å². The Morgan fingerprint density at radius 3 is 0.810 bits per heavy atom. The fourth-order valence-electron chi connectivity index (χ4n) is 9.79. The van der Waals surface area contributed by atoms with E-state index < -0.39 is 479 Å². The van der Waals surface area contributed by atoms with Crippen LogP contribution in [-0.2, 0) is 0 Å². The van der Waals surface area contributed by atoms with Gasteiger partial charge in [-0.25, -0.2) is 0 Å². The highest BCUT2D eigenvalue weighted by molar-refractivity contribution is 6.25. The summed E-state index contributed by atoms with van der Waals surface area (Å²) < 4.78 is 474. The second-order valence-electron chi connectivity index (χ2n) is 17.8. The van der Waals surface area contributed by atoms with Crippen LogP contribution in [0.3, 0.4) is 0 Å². The molecule has 0 saturated carbocycles. The largest absolute Gasteiger partial charge is 0.456 e. The van der Waals surface area contributed by atoms with Crippen LogP contribution < -0.4 is 0 Å². The summed E-state index contributed by atoms with van der Waals surface area (Å²) in [6, 6.07) is -49.1. The Bertz CT molecular complexity index is 8350. The molecule has 17 aromatic rings. The van der Waals surface area contributed by atoms with Crippen LogP contribution in [-0.4, -0.2) is 0 Å². The quantitative estimate of drug-likeness (QED) is 0.149. The molecule has 0 aliphatic rings. The molecule has 2 heterocycles. The third kappa shape index (κ3) is 8.26. The van der Waals surface area contributed by atoms with E-state index >= 15 is 0 Å². The lowest BCUT2D eigenvalue weighted by atomic mass is 9.83. The summed E-state index contributed by atoms with van der Waals surface area (Å²) in [4.78, 5) is 0. The van der Waals surface area contributed by atoms with Crippen LogP contribution in [0.5, 0.6) is 0 Å². The minimum Gasteiger partial charge on any atom is -0.456 e. The molecule has 392 valence electrons. The highest BCUT2D eigenvalue weighted by Gasteiger charge is 2.22. The van der Waals surface area contributed by atoms with Crippen molar-refractivity contribution < 1.29 is 80.1 Å². The number of furan rings is 2. The van der Waals surface area contributed by atoms with Crippen LogP contribution >= 0.6 is 0 Å². The van der Waals surface area contributed by atoms with Crippen LogP contribution in [0.4, 0.5) is 0 Å². The molecule has 0 amide bonds. The third-order valence-electron chi connectivity index (χ3n) is 13.3. The van der Waals surface area contributed by atoms with Gasteiger partial charge in [0.1, 0.15) is 22.3 Å². The predicted octanol–water partition coefficient (Wildman–Crippen LogP) is 23.5. The highest BCUT2D eigenvalue weighted by atomic mass is 16.3. The van der Waals surface area contributed by atoms with Crippen molar-refractivity contribution in [1.29, 1.82) is 0 Å². The molecule has 0 saturated heterocycles. The molecule has 0 radical (unpaired) electrons. The molecule has 15 aromatic carbocycles. The van der Waals surface area contributed by atoms with Gasteiger partial charge in [-0.3, -0.25) is 0 Å². The summed E-state index contributed by atoms with van der Waals surface area (Å²) >= 11 is 0. The summed E-state index contributed by atoms with van der Waals surface area (Å²) in [5, 5.41) is -7.83. The Labute approximate surface area is 559 Å². The van der Waals surface area contributed by atoms with E-state index in [0.717, 1.165) is 0 Å². The van der Waals surface area contributed by atoms with Gasteiger partial charge in [0, 0.05) is 21.5 Å². The maximum Gasteiger partial charge on any atom is 0.135 e. The number of para-hydroxylation sites is 2. The van der Waals surface area contributed by atoms with Gasteiger partial charge in [0.2, 0.25) is 0 Å². The lowest BCUT2D eigenvalue weighted by Gasteiger charge is -2.20. The van der Waals surface area contributed by atoms with Crippen molar-refractivity contribution in [2.75, 3.05) is 0 Å². The molecular formula is C82H52O2. The Hall–Kier alpha value is -11.1. The van der Waals surface area contributed by atoms with Gasteiger partial charge in [-0.05, 0) is 157 Å². The van der Waals surface area contributed by atoms with Gasteiger partial charge in [0.05, 0.1) is 71.3 Å². The number of benzene rings is 15. The topological polar surface area (TPSA) is 26.3 Å². The summed E-state index contributed by atoms with van der Waals surface area (Å²) in [7, 11) is 0. The Morgan fingerprint density at radius 1 is 0.167 bits per heavy atom. The molecule has 0 bridgehead atoms. The zero-order valence-electron chi connectivity index (χ0n) is 93.8. The molecule has 0 unspecified atom stereocenters. The molecule has 0 spiro atoms. The SMILES string of the molecule is [2H]c1c([2H])c([2H])c(-c2c([2H])c([2H])c(-c3c([2H])c([2H])c([2H])c([2H])c3-c3c4c([2H])c([2H])c([2H])c([2H])c4c(-c4c([2H])c([2H])c5oc6c([2H])c([2H])c([2H])c([2H])c6c5c4[2H])c4c([2H])c([2H])c([2H])c([2H])c34)c([2H])c2[2H])c([2H])c1[2H].[2H]c1c([2H])c([2H])c(-c2c([2H])c([2H])c([2H])c([2H])c2-c2c3c([2H])c([2H])c([2H])c([2H])c3c(-c3c([2H])c([2H])c4oc5c([2H])c([2H])c([2H])c([2H])c5c4c3[2H])c3c([2H])c([2H])c([2H])c([2H])c23)c([2H])c1[2H]. The molecule has 84 heavy (non-hydrogen) atoms. The van der Waals surface area contributed by atoms with E-state index in [-0.39, 0.29) is 0 Å². The van der Waals surface area contributed by atoms with Crippen LogP contribution in [0.2, 0.25) is 0 Å². The number of rotatable bonds is 7. The lowest BCUT2D eigenvalue weighted by molar-refractivity contribution is 0.668. The van der Waals surface area contributed by atoms with Crippen LogP contribution in [0, 0.1) is 0 Å². The molecule has 2 aromatic heterocycles. The fraction of sp³-hybridized carbons (Fsp3) is 0. The predicted molar refractivity (Wildman–Crippen MR) is 356 cm³/mol. The average molecular weight is 1120 g/mol. The van der Waals surface area contributed by atoms with E-state index in [0.29, 0.717) is 0 Å². The van der Waals surface area contributed by atoms with E-state index in [1.54, 1.807) is 0 Å². The summed E-state index contributed by atoms with van der Waals surface area (Å²) in [6.07, 6.45) is 0. The average Bonchev–Trinajstić information content (AvgIpc) is 1.31.